The first-order valence-electron chi connectivity index (χ1n) is 9.33. The monoisotopic (exact) mass is 374 g/mol. The van der Waals surface area contributed by atoms with Gasteiger partial charge in [-0.25, -0.2) is 9.78 Å². The zero-order valence-corrected chi connectivity index (χ0v) is 15.8. The van der Waals surface area contributed by atoms with Gasteiger partial charge in [0.1, 0.15) is 11.9 Å². The summed E-state index contributed by atoms with van der Waals surface area (Å²) in [7, 11) is 0. The van der Waals surface area contributed by atoms with E-state index in [1.807, 2.05) is 74.5 Å². The number of carbonyl (C=O) groups excluding carboxylic acids is 1. The van der Waals surface area contributed by atoms with Crippen LogP contribution in [-0.2, 0) is 4.74 Å². The molecule has 1 aromatic heterocycles. The summed E-state index contributed by atoms with van der Waals surface area (Å²) in [5, 5.41) is 3.29. The number of nitrogens with one attached hydrogen (secondary N) is 1. The number of amides is 1. The molecule has 4 rings (SSSR count). The predicted molar refractivity (Wildman–Crippen MR) is 108 cm³/mol. The summed E-state index contributed by atoms with van der Waals surface area (Å²) in [4.78, 5) is 23.0. The number of hydrogen-bond acceptors (Lipinski definition) is 5. The molecule has 3 atom stereocenters. The third-order valence-corrected chi connectivity index (χ3v) is 4.93. The van der Waals surface area contributed by atoms with Gasteiger partial charge >= 0.3 is 6.09 Å². The number of aromatic nitrogens is 2. The molecule has 1 amide bonds. The van der Waals surface area contributed by atoms with Crippen molar-refractivity contribution in [1.82, 2.24) is 9.97 Å². The highest BCUT2D eigenvalue weighted by molar-refractivity contribution is 5.89. The van der Waals surface area contributed by atoms with E-state index in [1.165, 1.54) is 0 Å². The van der Waals surface area contributed by atoms with Crippen molar-refractivity contribution in [3.63, 3.8) is 0 Å². The molecule has 142 valence electrons. The number of rotatable bonds is 5. The molecule has 1 aliphatic rings. The SMILES string of the molecule is C[C@H](Nc1nccc(N2C(=O)O[C@H](c3ccccc3)[C@@H]2C)n1)c1ccccc1. The molecule has 1 aliphatic heterocycles. The van der Waals surface area contributed by atoms with Gasteiger partial charge in [0.15, 0.2) is 0 Å². The number of ether oxygens (including phenoxy) is 1. The van der Waals surface area contributed by atoms with Gasteiger partial charge in [0.25, 0.3) is 0 Å². The second kappa shape index (κ2) is 7.68. The van der Waals surface area contributed by atoms with Crippen molar-refractivity contribution in [3.05, 3.63) is 84.1 Å². The lowest BCUT2D eigenvalue weighted by atomic mass is 10.0. The fourth-order valence-corrected chi connectivity index (χ4v) is 3.43. The Balaban J connectivity index is 1.55. The van der Waals surface area contributed by atoms with E-state index in [2.05, 4.69) is 15.3 Å². The number of hydrogen-bond donors (Lipinski definition) is 1. The van der Waals surface area contributed by atoms with Crippen LogP contribution in [0.3, 0.4) is 0 Å². The number of carbonyl (C=O) groups is 1. The fraction of sp³-hybridized carbons (Fsp3) is 0.227. The van der Waals surface area contributed by atoms with Crippen LogP contribution in [0.15, 0.2) is 72.9 Å². The van der Waals surface area contributed by atoms with Gasteiger partial charge in [-0.2, -0.15) is 4.98 Å². The first kappa shape index (κ1) is 18.0. The van der Waals surface area contributed by atoms with E-state index in [1.54, 1.807) is 17.2 Å². The summed E-state index contributed by atoms with van der Waals surface area (Å²) in [5.41, 5.74) is 2.10. The zero-order chi connectivity index (χ0) is 19.5. The minimum atomic E-state index is -0.401. The second-order valence-electron chi connectivity index (χ2n) is 6.84. The van der Waals surface area contributed by atoms with Crippen LogP contribution in [0.2, 0.25) is 0 Å². The van der Waals surface area contributed by atoms with Crippen molar-refractivity contribution in [2.24, 2.45) is 0 Å². The standard InChI is InChI=1S/C22H22N4O2/c1-15(17-9-5-3-6-10-17)24-21-23-14-13-19(25-21)26-16(2)20(28-22(26)27)18-11-7-4-8-12-18/h3-16,20H,1-2H3,(H,23,24,25)/t15-,16-,20-/m0/s1. The van der Waals surface area contributed by atoms with Crippen LogP contribution >= 0.6 is 0 Å². The molecule has 6 nitrogen and oxygen atoms in total. The minimum Gasteiger partial charge on any atom is -0.439 e. The van der Waals surface area contributed by atoms with Crippen LogP contribution in [0.4, 0.5) is 16.6 Å². The van der Waals surface area contributed by atoms with Crippen molar-refractivity contribution >= 4 is 17.9 Å². The molecule has 0 unspecified atom stereocenters. The highest BCUT2D eigenvalue weighted by Gasteiger charge is 2.41. The molecule has 1 saturated heterocycles. The maximum Gasteiger partial charge on any atom is 0.416 e. The Morgan fingerprint density at radius 1 is 1.04 bits per heavy atom. The van der Waals surface area contributed by atoms with E-state index < -0.39 is 6.09 Å². The van der Waals surface area contributed by atoms with Gasteiger partial charge in [0.05, 0.1) is 12.1 Å². The summed E-state index contributed by atoms with van der Waals surface area (Å²) in [6.45, 7) is 4.01. The highest BCUT2D eigenvalue weighted by atomic mass is 16.6. The van der Waals surface area contributed by atoms with Crippen molar-refractivity contribution in [2.75, 3.05) is 10.2 Å². The summed E-state index contributed by atoms with van der Waals surface area (Å²) < 4.78 is 5.62. The van der Waals surface area contributed by atoms with Crippen molar-refractivity contribution in [3.8, 4) is 0 Å². The first-order valence-corrected chi connectivity index (χ1v) is 9.33. The van der Waals surface area contributed by atoms with E-state index in [0.717, 1.165) is 11.1 Å². The first-order chi connectivity index (χ1) is 13.6. The number of benzene rings is 2. The third-order valence-electron chi connectivity index (χ3n) is 4.93. The molecule has 1 N–H and O–H groups in total. The van der Waals surface area contributed by atoms with Crippen molar-refractivity contribution in [2.45, 2.75) is 32.0 Å². The quantitative estimate of drug-likeness (QED) is 0.699. The third kappa shape index (κ3) is 3.53. The molecule has 3 aromatic rings. The summed E-state index contributed by atoms with van der Waals surface area (Å²) >= 11 is 0. The van der Waals surface area contributed by atoms with Crippen molar-refractivity contribution in [1.29, 1.82) is 0 Å². The van der Waals surface area contributed by atoms with E-state index in [-0.39, 0.29) is 18.2 Å². The number of cyclic esters (lactones) is 1. The van der Waals surface area contributed by atoms with Gasteiger partial charge in [-0.15, -0.1) is 0 Å². The summed E-state index contributed by atoms with van der Waals surface area (Å²) in [6, 6.07) is 21.4. The Hall–Kier alpha value is -3.41. The lowest BCUT2D eigenvalue weighted by molar-refractivity contribution is 0.134. The van der Waals surface area contributed by atoms with Crippen molar-refractivity contribution < 1.29 is 9.53 Å². The Bertz CT molecular complexity index is 949. The van der Waals surface area contributed by atoms with E-state index in [0.29, 0.717) is 11.8 Å². The van der Waals surface area contributed by atoms with Gasteiger partial charge < -0.3 is 10.1 Å². The molecule has 0 saturated carbocycles. The number of anilines is 2. The van der Waals surface area contributed by atoms with Gasteiger partial charge in [0, 0.05) is 6.20 Å². The van der Waals surface area contributed by atoms with E-state index in [4.69, 9.17) is 4.74 Å². The maximum absolute atomic E-state index is 12.5. The average Bonchev–Trinajstić information content (AvgIpc) is 3.03. The van der Waals surface area contributed by atoms with Crippen LogP contribution in [-0.4, -0.2) is 22.1 Å². The molecular weight excluding hydrogens is 352 g/mol. The van der Waals surface area contributed by atoms with Crippen LogP contribution < -0.4 is 10.2 Å². The number of nitrogens with zero attached hydrogens (tertiary/aromatic N) is 3. The highest BCUT2D eigenvalue weighted by Crippen LogP contribution is 2.35. The second-order valence-corrected chi connectivity index (χ2v) is 6.84. The molecule has 0 radical (unpaired) electrons. The van der Waals surface area contributed by atoms with Crippen LogP contribution in [0.1, 0.15) is 37.1 Å². The van der Waals surface area contributed by atoms with Crippen LogP contribution in [0.25, 0.3) is 0 Å². The van der Waals surface area contributed by atoms with Gasteiger partial charge in [-0.05, 0) is 31.0 Å². The molecule has 2 aromatic carbocycles. The topological polar surface area (TPSA) is 67.4 Å². The molecule has 0 aliphatic carbocycles. The summed E-state index contributed by atoms with van der Waals surface area (Å²) in [5.74, 6) is 0.991. The smallest absolute Gasteiger partial charge is 0.416 e. The molecule has 28 heavy (non-hydrogen) atoms. The predicted octanol–water partition coefficient (Wildman–Crippen LogP) is 4.74. The van der Waals surface area contributed by atoms with Gasteiger partial charge in [0.2, 0.25) is 5.95 Å². The largest absolute Gasteiger partial charge is 0.439 e. The fourth-order valence-electron chi connectivity index (χ4n) is 3.43. The average molecular weight is 374 g/mol. The lowest BCUT2D eigenvalue weighted by Crippen LogP contribution is -2.32. The Morgan fingerprint density at radius 3 is 2.43 bits per heavy atom. The Morgan fingerprint density at radius 2 is 1.71 bits per heavy atom. The Kier molecular flexibility index (Phi) is 4.93. The molecule has 0 spiro atoms. The normalized spacial score (nSPS) is 19.9. The lowest BCUT2D eigenvalue weighted by Gasteiger charge is -2.21. The molecular formula is C22H22N4O2. The van der Waals surface area contributed by atoms with E-state index >= 15 is 0 Å². The van der Waals surface area contributed by atoms with Gasteiger partial charge in [-0.1, -0.05) is 60.7 Å². The van der Waals surface area contributed by atoms with Crippen LogP contribution in [0.5, 0.6) is 0 Å². The molecule has 0 bridgehead atoms. The maximum atomic E-state index is 12.5. The minimum absolute atomic E-state index is 0.0384. The molecule has 1 fully saturated rings. The van der Waals surface area contributed by atoms with Gasteiger partial charge in [-0.3, -0.25) is 4.90 Å². The Labute approximate surface area is 164 Å². The van der Waals surface area contributed by atoms with E-state index in [9.17, 15) is 4.79 Å². The summed E-state index contributed by atoms with van der Waals surface area (Å²) in [6.07, 6.45) is 0.920. The van der Waals surface area contributed by atoms with Crippen LogP contribution in [0, 0.1) is 0 Å². The zero-order valence-electron chi connectivity index (χ0n) is 15.8. The molecule has 6 heteroatoms. The molecule has 2 heterocycles.